The molecule has 9 heteroatoms. The van der Waals surface area contributed by atoms with Crippen LogP contribution in [0.2, 0.25) is 0 Å². The largest absolute Gasteiger partial charge is 0.451 e. The minimum Gasteiger partial charge on any atom is -0.425 e. The molecule has 0 spiro atoms. The molecule has 1 unspecified atom stereocenters. The van der Waals surface area contributed by atoms with Gasteiger partial charge in [0, 0.05) is 18.3 Å². The third-order valence-electron chi connectivity index (χ3n) is 3.61. The van der Waals surface area contributed by atoms with Crippen LogP contribution in [0.3, 0.4) is 0 Å². The maximum atomic E-state index is 13.0. The molecule has 0 saturated heterocycles. The molecule has 0 aliphatic heterocycles. The van der Waals surface area contributed by atoms with Crippen molar-refractivity contribution in [3.8, 4) is 5.75 Å². The lowest BCUT2D eigenvalue weighted by Crippen LogP contribution is -2.28. The van der Waals surface area contributed by atoms with E-state index in [2.05, 4.69) is 20.4 Å². The number of carbonyl (C=O) groups excluding carboxylic acids is 2. The molecule has 0 fully saturated rings. The molecule has 0 aliphatic carbocycles. The first-order valence-corrected chi connectivity index (χ1v) is 9.04. The van der Waals surface area contributed by atoms with Gasteiger partial charge in [0.05, 0.1) is 28.6 Å². The Morgan fingerprint density at radius 1 is 1.22 bits per heavy atom. The normalized spacial score (nSPS) is 12.2. The fourth-order valence-electron chi connectivity index (χ4n) is 2.39. The third-order valence-corrected chi connectivity index (χ3v) is 3.83. The van der Waals surface area contributed by atoms with Gasteiger partial charge in [0.1, 0.15) is 11.4 Å². The van der Waals surface area contributed by atoms with Crippen LogP contribution >= 0.6 is 22.6 Å². The summed E-state index contributed by atoms with van der Waals surface area (Å²) in [6.45, 7) is 3.39. The van der Waals surface area contributed by atoms with Crippen LogP contribution in [0.4, 0.5) is 8.78 Å². The Morgan fingerprint density at radius 3 is 2.56 bits per heavy atom. The molecular weight excluding hydrogens is 471 g/mol. The maximum absolute atomic E-state index is 13.0. The number of aromatic nitrogens is 1. The average molecular weight is 489 g/mol. The molecule has 2 rings (SSSR count). The van der Waals surface area contributed by atoms with Gasteiger partial charge in [-0.2, -0.15) is 8.78 Å². The monoisotopic (exact) mass is 489 g/mol. The summed E-state index contributed by atoms with van der Waals surface area (Å²) in [6, 6.07) is 8.58. The first-order valence-electron chi connectivity index (χ1n) is 7.96. The highest BCUT2D eigenvalue weighted by Crippen LogP contribution is 2.29. The van der Waals surface area contributed by atoms with Crippen LogP contribution in [0.15, 0.2) is 36.4 Å². The number of amides is 2. The van der Waals surface area contributed by atoms with Gasteiger partial charge in [-0.1, -0.05) is 12.1 Å². The summed E-state index contributed by atoms with van der Waals surface area (Å²) in [4.78, 5) is 28.4. The van der Waals surface area contributed by atoms with Crippen LogP contribution in [-0.4, -0.2) is 28.0 Å². The minimum atomic E-state index is -3.33. The summed E-state index contributed by atoms with van der Waals surface area (Å²) in [5, 5.41) is 5.23. The smallest absolute Gasteiger partial charge is 0.425 e. The van der Waals surface area contributed by atoms with E-state index in [0.717, 1.165) is 22.6 Å². The van der Waals surface area contributed by atoms with Crippen LogP contribution in [0.5, 0.6) is 5.75 Å². The Balaban J connectivity index is 2.17. The fraction of sp³-hybridized carbons (Fsp3) is 0.278. The molecule has 2 aromatic rings. The first kappa shape index (κ1) is 21.0. The van der Waals surface area contributed by atoms with Crippen LogP contribution < -0.4 is 15.4 Å². The standard InChI is InChI=1S/C18H18F2IN3O3/c1-10-7-13(9-15(23-10)17(26)22-3)16(25)24-11(2)12-5-4-6-14(8-12)27-18(19,20)21/h4-9,11H,1-3H3,(H,22,26)(H,24,25). The second-order valence-electron chi connectivity index (χ2n) is 5.78. The lowest BCUT2D eigenvalue weighted by molar-refractivity contribution is -0.0692. The lowest BCUT2D eigenvalue weighted by atomic mass is 10.1. The number of halogens is 3. The van der Waals surface area contributed by atoms with Gasteiger partial charge in [-0.25, -0.2) is 4.98 Å². The van der Waals surface area contributed by atoms with Gasteiger partial charge in [-0.15, -0.1) is 0 Å². The molecule has 2 N–H and O–H groups in total. The van der Waals surface area contributed by atoms with E-state index in [-0.39, 0.29) is 17.0 Å². The summed E-state index contributed by atoms with van der Waals surface area (Å²) in [6.07, 6.45) is 0. The molecule has 1 atom stereocenters. The number of ether oxygens (including phenoxy) is 1. The highest BCUT2D eigenvalue weighted by Gasteiger charge is 2.26. The predicted molar refractivity (Wildman–Crippen MR) is 104 cm³/mol. The zero-order valence-corrected chi connectivity index (χ0v) is 17.0. The Kier molecular flexibility index (Phi) is 6.68. The summed E-state index contributed by atoms with van der Waals surface area (Å²) in [5.74, 6) is -0.816. The second kappa shape index (κ2) is 8.59. The first-order chi connectivity index (χ1) is 12.6. The van der Waals surface area contributed by atoms with Crippen molar-refractivity contribution in [2.24, 2.45) is 0 Å². The molecule has 0 aliphatic rings. The molecule has 2 amide bonds. The van der Waals surface area contributed by atoms with Crippen LogP contribution in [0.1, 0.15) is 45.1 Å². The summed E-state index contributed by atoms with van der Waals surface area (Å²) in [5.41, 5.74) is 1.53. The molecular formula is C18H18F2IN3O3. The van der Waals surface area contributed by atoms with E-state index in [0.29, 0.717) is 11.3 Å². The molecule has 0 bridgehead atoms. The van der Waals surface area contributed by atoms with E-state index < -0.39 is 22.0 Å². The molecule has 1 aromatic carbocycles. The van der Waals surface area contributed by atoms with Crippen molar-refractivity contribution in [3.05, 3.63) is 58.9 Å². The van der Waals surface area contributed by atoms with Crippen LogP contribution in [-0.2, 0) is 0 Å². The molecule has 0 saturated carbocycles. The zero-order chi connectivity index (χ0) is 20.2. The van der Waals surface area contributed by atoms with Crippen LogP contribution in [0.25, 0.3) is 0 Å². The quantitative estimate of drug-likeness (QED) is 0.480. The van der Waals surface area contributed by atoms with Gasteiger partial charge in [0.25, 0.3) is 11.8 Å². The fourth-order valence-corrected chi connectivity index (χ4v) is 2.64. The Morgan fingerprint density at radius 2 is 1.93 bits per heavy atom. The van der Waals surface area contributed by atoms with Crippen molar-refractivity contribution in [3.63, 3.8) is 0 Å². The Labute approximate surface area is 168 Å². The highest BCUT2D eigenvalue weighted by atomic mass is 127. The topological polar surface area (TPSA) is 80.3 Å². The van der Waals surface area contributed by atoms with Crippen molar-refractivity contribution < 1.29 is 23.1 Å². The van der Waals surface area contributed by atoms with Crippen molar-refractivity contribution >= 4 is 34.4 Å². The number of hydrogen-bond acceptors (Lipinski definition) is 4. The van der Waals surface area contributed by atoms with Gasteiger partial charge in [0.15, 0.2) is 0 Å². The second-order valence-corrected chi connectivity index (χ2v) is 7.03. The minimum absolute atomic E-state index is 0.00495. The molecule has 1 heterocycles. The number of pyridine rings is 1. The van der Waals surface area contributed by atoms with E-state index in [4.69, 9.17) is 0 Å². The molecule has 27 heavy (non-hydrogen) atoms. The SMILES string of the molecule is CNC(=O)c1cc(C(=O)NC(C)c2cccc(OC(F)(F)I)c2)cc(C)n1. The van der Waals surface area contributed by atoms with E-state index in [9.17, 15) is 18.4 Å². The van der Waals surface area contributed by atoms with Gasteiger partial charge in [0.2, 0.25) is 0 Å². The van der Waals surface area contributed by atoms with E-state index in [1.54, 1.807) is 32.0 Å². The zero-order valence-electron chi connectivity index (χ0n) is 14.8. The highest BCUT2D eigenvalue weighted by molar-refractivity contribution is 14.1. The maximum Gasteiger partial charge on any atom is 0.451 e. The number of carbonyl (C=O) groups is 2. The number of nitrogens with one attached hydrogen (secondary N) is 2. The Hall–Kier alpha value is -2.30. The summed E-state index contributed by atoms with van der Waals surface area (Å²) in [7, 11) is 1.47. The molecule has 144 valence electrons. The van der Waals surface area contributed by atoms with Gasteiger partial charge in [-0.3, -0.25) is 9.59 Å². The molecule has 0 radical (unpaired) electrons. The van der Waals surface area contributed by atoms with Crippen LogP contribution in [0, 0.1) is 6.92 Å². The Bertz CT molecular complexity index is 856. The predicted octanol–water partition coefficient (Wildman–Crippen LogP) is 3.60. The lowest BCUT2D eigenvalue weighted by Gasteiger charge is -2.17. The van der Waals surface area contributed by atoms with E-state index in [1.807, 2.05) is 0 Å². The molecule has 1 aromatic heterocycles. The number of aryl methyl sites for hydroxylation is 1. The van der Waals surface area contributed by atoms with Gasteiger partial charge < -0.3 is 15.4 Å². The number of rotatable bonds is 6. The summed E-state index contributed by atoms with van der Waals surface area (Å²) < 4.78 is 27.2. The van der Waals surface area contributed by atoms with Gasteiger partial charge in [-0.05, 0) is 43.7 Å². The average Bonchev–Trinajstić information content (AvgIpc) is 2.59. The number of nitrogens with zero attached hydrogens (tertiary/aromatic N) is 1. The number of hydrogen-bond donors (Lipinski definition) is 2. The number of benzene rings is 1. The summed E-state index contributed by atoms with van der Waals surface area (Å²) >= 11 is 0.887. The van der Waals surface area contributed by atoms with Crippen molar-refractivity contribution in [1.82, 2.24) is 15.6 Å². The van der Waals surface area contributed by atoms with Gasteiger partial charge >= 0.3 is 4.12 Å². The van der Waals surface area contributed by atoms with E-state index in [1.165, 1.54) is 25.2 Å². The molecule has 6 nitrogen and oxygen atoms in total. The van der Waals surface area contributed by atoms with E-state index >= 15 is 0 Å². The number of alkyl halides is 3. The van der Waals surface area contributed by atoms with Crippen molar-refractivity contribution in [2.45, 2.75) is 24.0 Å². The van der Waals surface area contributed by atoms with Crippen molar-refractivity contribution in [2.75, 3.05) is 7.05 Å². The van der Waals surface area contributed by atoms with Crippen molar-refractivity contribution in [1.29, 1.82) is 0 Å². The third kappa shape index (κ3) is 6.12.